The van der Waals surface area contributed by atoms with Gasteiger partial charge < -0.3 is 19.3 Å². The lowest BCUT2D eigenvalue weighted by Gasteiger charge is -2.14. The molecule has 0 atom stereocenters. The average molecular weight is 470 g/mol. The van der Waals surface area contributed by atoms with Crippen molar-refractivity contribution in [2.24, 2.45) is 0 Å². The van der Waals surface area contributed by atoms with Crippen molar-refractivity contribution >= 4 is 27.9 Å². The van der Waals surface area contributed by atoms with Crippen LogP contribution in [0, 0.1) is 13.8 Å². The van der Waals surface area contributed by atoms with Crippen molar-refractivity contribution in [3.05, 3.63) is 70.8 Å². The van der Waals surface area contributed by atoms with Crippen LogP contribution in [0.15, 0.2) is 53.4 Å². The van der Waals surface area contributed by atoms with Gasteiger partial charge in [-0.15, -0.1) is 0 Å². The molecule has 3 aromatic carbocycles. The molecule has 0 saturated heterocycles. The minimum atomic E-state index is -3.88. The Morgan fingerprint density at radius 1 is 0.818 bits per heavy atom. The molecule has 8 heteroatoms. The van der Waals surface area contributed by atoms with Crippen LogP contribution in [0.5, 0.6) is 23.0 Å². The van der Waals surface area contributed by atoms with Gasteiger partial charge in [0, 0.05) is 0 Å². The Balaban J connectivity index is 1.97. The fraction of sp³-hybridized carbons (Fsp3) is 0.200. The first-order chi connectivity index (χ1) is 15.7. The van der Waals surface area contributed by atoms with Crippen LogP contribution in [0.4, 0.5) is 5.69 Å². The Labute approximate surface area is 194 Å². The molecule has 174 valence electrons. The van der Waals surface area contributed by atoms with Crippen molar-refractivity contribution in [1.29, 1.82) is 0 Å². The third-order valence-corrected chi connectivity index (χ3v) is 6.41. The Bertz CT molecular complexity index is 1280. The molecule has 0 aliphatic rings. The highest BCUT2D eigenvalue weighted by Gasteiger charge is 2.19. The molecule has 0 amide bonds. The highest BCUT2D eigenvalue weighted by Crippen LogP contribution is 2.38. The lowest BCUT2D eigenvalue weighted by Crippen LogP contribution is -2.13. The summed E-state index contributed by atoms with van der Waals surface area (Å²) < 4.78 is 44.2. The SMILES string of the molecule is COc1cc(/C=C\c2cc(O)c(OC)c(NS(=O)(=O)c3ccc(C)cc3)c2)cc(C)c1OC. The number of nitrogens with one attached hydrogen (secondary N) is 1. The van der Waals surface area contributed by atoms with E-state index in [1.54, 1.807) is 38.5 Å². The van der Waals surface area contributed by atoms with E-state index >= 15 is 0 Å². The van der Waals surface area contributed by atoms with Crippen LogP contribution in [0.1, 0.15) is 22.3 Å². The molecule has 33 heavy (non-hydrogen) atoms. The molecule has 0 saturated carbocycles. The predicted octanol–water partition coefficient (Wildman–Crippen LogP) is 5.01. The molecular weight excluding hydrogens is 442 g/mol. The van der Waals surface area contributed by atoms with Crippen LogP contribution >= 0.6 is 0 Å². The van der Waals surface area contributed by atoms with Crippen molar-refractivity contribution in [2.75, 3.05) is 26.1 Å². The molecule has 0 heterocycles. The van der Waals surface area contributed by atoms with E-state index in [-0.39, 0.29) is 22.1 Å². The molecule has 3 rings (SSSR count). The van der Waals surface area contributed by atoms with Gasteiger partial charge in [0.25, 0.3) is 10.0 Å². The van der Waals surface area contributed by atoms with Crippen LogP contribution in [-0.4, -0.2) is 34.9 Å². The maximum atomic E-state index is 12.9. The number of rotatable bonds is 8. The third kappa shape index (κ3) is 5.40. The zero-order valence-corrected chi connectivity index (χ0v) is 20.0. The molecule has 0 radical (unpaired) electrons. The Kier molecular flexibility index (Phi) is 7.18. The Hall–Kier alpha value is -3.65. The summed E-state index contributed by atoms with van der Waals surface area (Å²) in [5.41, 5.74) is 3.40. The van der Waals surface area contributed by atoms with Crippen molar-refractivity contribution < 1.29 is 27.7 Å². The van der Waals surface area contributed by atoms with Gasteiger partial charge in [0.1, 0.15) is 0 Å². The Morgan fingerprint density at radius 2 is 1.42 bits per heavy atom. The summed E-state index contributed by atoms with van der Waals surface area (Å²) >= 11 is 0. The fourth-order valence-corrected chi connectivity index (χ4v) is 4.47. The van der Waals surface area contributed by atoms with Gasteiger partial charge >= 0.3 is 0 Å². The number of methoxy groups -OCH3 is 3. The third-order valence-electron chi connectivity index (χ3n) is 5.03. The standard InChI is InChI=1S/C25H27NO6S/c1-16-6-10-20(11-7-16)33(28,29)26-21-13-19(14-22(27)25(21)32-5)9-8-18-12-17(2)24(31-4)23(15-18)30-3/h6-15,26-27H,1-5H3/b9-8-. The number of phenolic OH excluding ortho intramolecular Hbond substituents is 1. The van der Waals surface area contributed by atoms with E-state index in [2.05, 4.69) is 4.72 Å². The van der Waals surface area contributed by atoms with Crippen molar-refractivity contribution in [3.8, 4) is 23.0 Å². The molecule has 0 aliphatic heterocycles. The summed E-state index contributed by atoms with van der Waals surface area (Å²) in [6, 6.07) is 13.3. The van der Waals surface area contributed by atoms with E-state index < -0.39 is 10.0 Å². The molecule has 3 aromatic rings. The first kappa shape index (κ1) is 24.0. The normalized spacial score (nSPS) is 11.4. The highest BCUT2D eigenvalue weighted by molar-refractivity contribution is 7.92. The molecule has 0 bridgehead atoms. The smallest absolute Gasteiger partial charge is 0.262 e. The van der Waals surface area contributed by atoms with Gasteiger partial charge in [-0.05, 0) is 66.9 Å². The Morgan fingerprint density at radius 3 is 2.00 bits per heavy atom. The van der Waals surface area contributed by atoms with E-state index in [0.29, 0.717) is 17.1 Å². The van der Waals surface area contributed by atoms with Gasteiger partial charge in [0.15, 0.2) is 23.0 Å². The topological polar surface area (TPSA) is 94.1 Å². The highest BCUT2D eigenvalue weighted by atomic mass is 32.2. The first-order valence-electron chi connectivity index (χ1n) is 10.1. The summed E-state index contributed by atoms with van der Waals surface area (Å²) in [7, 11) is 0.632. The van der Waals surface area contributed by atoms with Crippen LogP contribution in [0.25, 0.3) is 12.2 Å². The zero-order chi connectivity index (χ0) is 24.2. The van der Waals surface area contributed by atoms with E-state index in [1.165, 1.54) is 25.3 Å². The number of anilines is 1. The summed E-state index contributed by atoms with van der Waals surface area (Å²) in [5.74, 6) is 1.10. The van der Waals surface area contributed by atoms with Crippen LogP contribution in [0.2, 0.25) is 0 Å². The monoisotopic (exact) mass is 469 g/mol. The van der Waals surface area contributed by atoms with E-state index in [9.17, 15) is 13.5 Å². The number of aryl methyl sites for hydroxylation is 2. The first-order valence-corrected chi connectivity index (χ1v) is 11.6. The lowest BCUT2D eigenvalue weighted by atomic mass is 10.1. The van der Waals surface area contributed by atoms with Gasteiger partial charge in [-0.2, -0.15) is 0 Å². The number of ether oxygens (including phenoxy) is 3. The number of sulfonamides is 1. The number of aromatic hydroxyl groups is 1. The number of hydrogen-bond acceptors (Lipinski definition) is 6. The van der Waals surface area contributed by atoms with Crippen molar-refractivity contribution in [2.45, 2.75) is 18.7 Å². The van der Waals surface area contributed by atoms with Crippen molar-refractivity contribution in [3.63, 3.8) is 0 Å². The van der Waals surface area contributed by atoms with E-state index in [0.717, 1.165) is 16.7 Å². The second-order valence-electron chi connectivity index (χ2n) is 7.45. The summed E-state index contributed by atoms with van der Waals surface area (Å²) in [5, 5.41) is 10.4. The quantitative estimate of drug-likeness (QED) is 0.451. The molecule has 2 N–H and O–H groups in total. The molecule has 0 spiro atoms. The summed E-state index contributed by atoms with van der Waals surface area (Å²) in [6.07, 6.45) is 3.58. The number of hydrogen-bond donors (Lipinski definition) is 2. The summed E-state index contributed by atoms with van der Waals surface area (Å²) in [6.45, 7) is 3.79. The minimum absolute atomic E-state index is 0.0322. The van der Waals surface area contributed by atoms with Gasteiger partial charge in [-0.3, -0.25) is 4.72 Å². The molecule has 0 aromatic heterocycles. The second-order valence-corrected chi connectivity index (χ2v) is 9.13. The average Bonchev–Trinajstić information content (AvgIpc) is 2.77. The van der Waals surface area contributed by atoms with E-state index in [1.807, 2.05) is 32.1 Å². The second kappa shape index (κ2) is 9.87. The summed E-state index contributed by atoms with van der Waals surface area (Å²) in [4.78, 5) is 0.108. The largest absolute Gasteiger partial charge is 0.504 e. The predicted molar refractivity (Wildman–Crippen MR) is 130 cm³/mol. The van der Waals surface area contributed by atoms with Crippen LogP contribution in [0.3, 0.4) is 0 Å². The van der Waals surface area contributed by atoms with Gasteiger partial charge in [0.2, 0.25) is 0 Å². The van der Waals surface area contributed by atoms with Crippen LogP contribution < -0.4 is 18.9 Å². The van der Waals surface area contributed by atoms with E-state index in [4.69, 9.17) is 14.2 Å². The molecule has 0 fully saturated rings. The molecule has 0 unspecified atom stereocenters. The number of phenols is 1. The number of benzene rings is 3. The van der Waals surface area contributed by atoms with Gasteiger partial charge in [-0.1, -0.05) is 29.8 Å². The van der Waals surface area contributed by atoms with Gasteiger partial charge in [0.05, 0.1) is 31.9 Å². The maximum absolute atomic E-state index is 12.9. The lowest BCUT2D eigenvalue weighted by molar-refractivity contribution is 0.353. The molecular formula is C25H27NO6S. The molecule has 0 aliphatic carbocycles. The molecule has 7 nitrogen and oxygen atoms in total. The van der Waals surface area contributed by atoms with Crippen molar-refractivity contribution in [1.82, 2.24) is 0 Å². The maximum Gasteiger partial charge on any atom is 0.262 e. The van der Waals surface area contributed by atoms with Crippen LogP contribution in [-0.2, 0) is 10.0 Å². The fourth-order valence-electron chi connectivity index (χ4n) is 3.41. The zero-order valence-electron chi connectivity index (χ0n) is 19.2. The van der Waals surface area contributed by atoms with Gasteiger partial charge in [-0.25, -0.2) is 8.42 Å². The minimum Gasteiger partial charge on any atom is -0.504 e.